The molecule has 2 nitrogen and oxygen atoms in total. The quantitative estimate of drug-likeness (QED) is 0.758. The largest absolute Gasteiger partial charge is 0.399 e. The van der Waals surface area contributed by atoms with Crippen molar-refractivity contribution in [1.82, 2.24) is 0 Å². The average Bonchev–Trinajstić information content (AvgIpc) is 2.20. The third-order valence-electron chi connectivity index (χ3n) is 3.49. The standard InChI is InChI=1S/C15H26N2/c1-10(2)14(11(3)4)9-17-15-7-6-13(16)8-12(15)5/h6-8,10-11,14,17H,9,16H2,1-5H3. The summed E-state index contributed by atoms with van der Waals surface area (Å²) in [4.78, 5) is 0. The highest BCUT2D eigenvalue weighted by molar-refractivity contribution is 5.57. The molecule has 0 bridgehead atoms. The highest BCUT2D eigenvalue weighted by atomic mass is 14.9. The van der Waals surface area contributed by atoms with Gasteiger partial charge in [-0.1, -0.05) is 27.7 Å². The van der Waals surface area contributed by atoms with Crippen molar-refractivity contribution in [2.24, 2.45) is 17.8 Å². The smallest absolute Gasteiger partial charge is 0.0371 e. The second-order valence-electron chi connectivity index (χ2n) is 5.61. The van der Waals surface area contributed by atoms with E-state index >= 15 is 0 Å². The van der Waals surface area contributed by atoms with Crippen LogP contribution in [0.25, 0.3) is 0 Å². The van der Waals surface area contributed by atoms with Gasteiger partial charge in [0.05, 0.1) is 0 Å². The molecule has 0 spiro atoms. The maximum absolute atomic E-state index is 5.75. The highest BCUT2D eigenvalue weighted by Crippen LogP contribution is 2.23. The van der Waals surface area contributed by atoms with Crippen molar-refractivity contribution in [2.45, 2.75) is 34.6 Å². The third kappa shape index (κ3) is 3.95. The molecule has 0 unspecified atom stereocenters. The van der Waals surface area contributed by atoms with E-state index in [1.807, 2.05) is 12.1 Å². The summed E-state index contributed by atoms with van der Waals surface area (Å²) in [6.45, 7) is 12.3. The van der Waals surface area contributed by atoms with Crippen LogP contribution in [0.3, 0.4) is 0 Å². The van der Waals surface area contributed by atoms with Gasteiger partial charge in [0.25, 0.3) is 0 Å². The summed E-state index contributed by atoms with van der Waals surface area (Å²) in [6, 6.07) is 6.04. The zero-order valence-corrected chi connectivity index (χ0v) is 11.7. The summed E-state index contributed by atoms with van der Waals surface area (Å²) in [5, 5.41) is 3.55. The van der Waals surface area contributed by atoms with Gasteiger partial charge in [-0.05, 0) is 48.4 Å². The Morgan fingerprint density at radius 2 is 1.71 bits per heavy atom. The Bertz CT molecular complexity index is 348. The van der Waals surface area contributed by atoms with Crippen molar-refractivity contribution in [3.05, 3.63) is 23.8 Å². The van der Waals surface area contributed by atoms with Gasteiger partial charge in [0, 0.05) is 17.9 Å². The van der Waals surface area contributed by atoms with Gasteiger partial charge in [0.15, 0.2) is 0 Å². The van der Waals surface area contributed by atoms with Crippen molar-refractivity contribution in [3.63, 3.8) is 0 Å². The molecular weight excluding hydrogens is 208 g/mol. The highest BCUT2D eigenvalue weighted by Gasteiger charge is 2.17. The average molecular weight is 234 g/mol. The summed E-state index contributed by atoms with van der Waals surface area (Å²) < 4.78 is 0. The molecule has 0 heterocycles. The summed E-state index contributed by atoms with van der Waals surface area (Å²) >= 11 is 0. The molecule has 0 aliphatic carbocycles. The van der Waals surface area contributed by atoms with Crippen LogP contribution in [-0.4, -0.2) is 6.54 Å². The zero-order chi connectivity index (χ0) is 13.0. The number of aryl methyl sites for hydroxylation is 1. The first-order valence-corrected chi connectivity index (χ1v) is 6.51. The molecule has 0 saturated carbocycles. The minimum absolute atomic E-state index is 0.701. The SMILES string of the molecule is Cc1cc(N)ccc1NCC(C(C)C)C(C)C. The maximum atomic E-state index is 5.75. The predicted octanol–water partition coefficient (Wildman–Crippen LogP) is 3.92. The Hall–Kier alpha value is -1.18. The first kappa shape index (κ1) is 13.9. The van der Waals surface area contributed by atoms with Crippen LogP contribution in [0.15, 0.2) is 18.2 Å². The van der Waals surface area contributed by atoms with Crippen LogP contribution in [-0.2, 0) is 0 Å². The molecule has 1 aromatic rings. The van der Waals surface area contributed by atoms with Crippen LogP contribution in [0, 0.1) is 24.7 Å². The van der Waals surface area contributed by atoms with Crippen molar-refractivity contribution in [1.29, 1.82) is 0 Å². The molecule has 0 atom stereocenters. The molecule has 2 heteroatoms. The third-order valence-corrected chi connectivity index (χ3v) is 3.49. The van der Waals surface area contributed by atoms with Crippen molar-refractivity contribution < 1.29 is 0 Å². The van der Waals surface area contributed by atoms with Gasteiger partial charge in [0.1, 0.15) is 0 Å². The molecule has 1 aromatic carbocycles. The summed E-state index contributed by atoms with van der Waals surface area (Å²) in [5.41, 5.74) is 9.00. The summed E-state index contributed by atoms with van der Waals surface area (Å²) in [7, 11) is 0. The number of anilines is 2. The minimum atomic E-state index is 0.701. The lowest BCUT2D eigenvalue weighted by atomic mass is 9.85. The Morgan fingerprint density at radius 3 is 2.18 bits per heavy atom. The molecule has 1 rings (SSSR count). The normalized spacial score (nSPS) is 11.5. The fourth-order valence-electron chi connectivity index (χ4n) is 2.35. The Balaban J connectivity index is 2.65. The summed E-state index contributed by atoms with van der Waals surface area (Å²) in [5.74, 6) is 2.11. The van der Waals surface area contributed by atoms with Gasteiger partial charge in [-0.3, -0.25) is 0 Å². The second-order valence-corrected chi connectivity index (χ2v) is 5.61. The van der Waals surface area contributed by atoms with Crippen molar-refractivity contribution >= 4 is 11.4 Å². The number of rotatable bonds is 5. The first-order valence-electron chi connectivity index (χ1n) is 6.51. The van der Waals surface area contributed by atoms with Gasteiger partial charge in [0.2, 0.25) is 0 Å². The Morgan fingerprint density at radius 1 is 1.12 bits per heavy atom. The van der Waals surface area contributed by atoms with E-state index in [0.717, 1.165) is 12.2 Å². The van der Waals surface area contributed by atoms with Crippen LogP contribution in [0.1, 0.15) is 33.3 Å². The lowest BCUT2D eigenvalue weighted by Crippen LogP contribution is -2.24. The molecule has 0 fully saturated rings. The van der Waals surface area contributed by atoms with Gasteiger partial charge in [-0.15, -0.1) is 0 Å². The second kappa shape index (κ2) is 5.95. The van der Waals surface area contributed by atoms with Crippen LogP contribution < -0.4 is 11.1 Å². The van der Waals surface area contributed by atoms with Crippen LogP contribution in [0.2, 0.25) is 0 Å². The number of nitrogens with one attached hydrogen (secondary N) is 1. The van der Waals surface area contributed by atoms with Gasteiger partial charge >= 0.3 is 0 Å². The Labute approximate surface area is 106 Å². The van der Waals surface area contributed by atoms with E-state index in [-0.39, 0.29) is 0 Å². The van der Waals surface area contributed by atoms with Crippen molar-refractivity contribution in [2.75, 3.05) is 17.6 Å². The number of nitrogens with two attached hydrogens (primary N) is 1. The van der Waals surface area contributed by atoms with Gasteiger partial charge in [-0.25, -0.2) is 0 Å². The molecule has 0 aliphatic heterocycles. The topological polar surface area (TPSA) is 38.0 Å². The van der Waals surface area contributed by atoms with E-state index in [0.29, 0.717) is 17.8 Å². The number of nitrogen functional groups attached to an aromatic ring is 1. The van der Waals surface area contributed by atoms with Crippen LogP contribution in [0.4, 0.5) is 11.4 Å². The van der Waals surface area contributed by atoms with E-state index in [1.165, 1.54) is 11.3 Å². The molecule has 0 aromatic heterocycles. The van der Waals surface area contributed by atoms with E-state index in [1.54, 1.807) is 0 Å². The van der Waals surface area contributed by atoms with Crippen molar-refractivity contribution in [3.8, 4) is 0 Å². The molecule has 0 amide bonds. The molecule has 0 aliphatic rings. The summed E-state index contributed by atoms with van der Waals surface area (Å²) in [6.07, 6.45) is 0. The lowest BCUT2D eigenvalue weighted by molar-refractivity contribution is 0.304. The molecule has 3 N–H and O–H groups in total. The molecule has 17 heavy (non-hydrogen) atoms. The monoisotopic (exact) mass is 234 g/mol. The first-order chi connectivity index (χ1) is 7.91. The van der Waals surface area contributed by atoms with E-state index < -0.39 is 0 Å². The Kier molecular flexibility index (Phi) is 4.86. The van der Waals surface area contributed by atoms with E-state index in [9.17, 15) is 0 Å². The fraction of sp³-hybridized carbons (Fsp3) is 0.600. The number of hydrogen-bond donors (Lipinski definition) is 2. The van der Waals surface area contributed by atoms with Crippen LogP contribution in [0.5, 0.6) is 0 Å². The predicted molar refractivity (Wildman–Crippen MR) is 77.2 cm³/mol. The van der Waals surface area contributed by atoms with E-state index in [4.69, 9.17) is 5.73 Å². The van der Waals surface area contributed by atoms with Gasteiger partial charge in [-0.2, -0.15) is 0 Å². The molecule has 0 saturated heterocycles. The molecule has 96 valence electrons. The van der Waals surface area contributed by atoms with Gasteiger partial charge < -0.3 is 11.1 Å². The minimum Gasteiger partial charge on any atom is -0.399 e. The number of hydrogen-bond acceptors (Lipinski definition) is 2. The fourth-order valence-corrected chi connectivity index (χ4v) is 2.35. The molecular formula is C15H26N2. The van der Waals surface area contributed by atoms with Crippen LogP contribution >= 0.6 is 0 Å². The lowest BCUT2D eigenvalue weighted by Gasteiger charge is -2.26. The zero-order valence-electron chi connectivity index (χ0n) is 11.7. The van der Waals surface area contributed by atoms with E-state index in [2.05, 4.69) is 46.0 Å². The maximum Gasteiger partial charge on any atom is 0.0371 e. The molecule has 0 radical (unpaired) electrons. The number of benzene rings is 1.